The molecular weight excluding hydrogens is 550 g/mol. The lowest BCUT2D eigenvalue weighted by molar-refractivity contribution is -0.119. The van der Waals surface area contributed by atoms with E-state index in [0.717, 1.165) is 11.3 Å². The molecule has 1 saturated heterocycles. The number of carbonyl (C=O) groups excluding carboxylic acids is 4. The lowest BCUT2D eigenvalue weighted by Crippen LogP contribution is -2.41. The minimum Gasteiger partial charge on any atom is -0.450 e. The number of fused-ring (bicyclic) bond motifs is 1. The molecule has 0 saturated carbocycles. The summed E-state index contributed by atoms with van der Waals surface area (Å²) in [6.45, 7) is 4.84. The Morgan fingerprint density at radius 3 is 2.36 bits per heavy atom. The summed E-state index contributed by atoms with van der Waals surface area (Å²) in [6.07, 6.45) is -0.129. The number of amides is 4. The number of morpholine rings is 1. The predicted octanol–water partition coefficient (Wildman–Crippen LogP) is 1.32. The molecule has 2 aliphatic rings. The summed E-state index contributed by atoms with van der Waals surface area (Å²) in [7, 11) is -3.72. The summed E-state index contributed by atoms with van der Waals surface area (Å²) < 4.78 is 37.4. The quantitative estimate of drug-likeness (QED) is 0.432. The maximum Gasteiger partial charge on any atom is 0.410 e. The number of hydrogen-bond donors (Lipinski definition) is 3. The first kappa shape index (κ1) is 28.5. The monoisotopic (exact) mass is 579 g/mol. The van der Waals surface area contributed by atoms with E-state index in [0.29, 0.717) is 36.6 Å². The molecule has 0 radical (unpaired) electrons. The second-order valence-corrected chi connectivity index (χ2v) is 11.8. The Morgan fingerprint density at radius 1 is 1.03 bits per heavy atom. The average Bonchev–Trinajstić information content (AvgIpc) is 3.29. The van der Waals surface area contributed by atoms with Crippen LogP contribution in [0, 0.1) is 0 Å². The van der Waals surface area contributed by atoms with Crippen LogP contribution in [0.2, 0.25) is 0 Å². The van der Waals surface area contributed by atoms with Gasteiger partial charge in [-0.1, -0.05) is 0 Å². The van der Waals surface area contributed by atoms with Crippen molar-refractivity contribution in [3.05, 3.63) is 45.8 Å². The van der Waals surface area contributed by atoms with E-state index in [9.17, 15) is 27.6 Å². The molecule has 2 aromatic rings. The highest BCUT2D eigenvalue weighted by molar-refractivity contribution is 7.89. The minimum atomic E-state index is -3.72. The van der Waals surface area contributed by atoms with Crippen LogP contribution in [0.15, 0.2) is 29.2 Å². The molecule has 4 amide bonds. The fourth-order valence-electron chi connectivity index (χ4n) is 4.20. The van der Waals surface area contributed by atoms with E-state index in [1.807, 2.05) is 0 Å². The largest absolute Gasteiger partial charge is 0.450 e. The molecule has 4 rings (SSSR count). The molecule has 0 spiro atoms. The van der Waals surface area contributed by atoms with E-state index in [1.54, 1.807) is 6.92 Å². The van der Waals surface area contributed by atoms with Gasteiger partial charge in [0.25, 0.3) is 11.8 Å². The van der Waals surface area contributed by atoms with Crippen LogP contribution in [0.1, 0.15) is 45.0 Å². The van der Waals surface area contributed by atoms with Gasteiger partial charge >= 0.3 is 6.09 Å². The van der Waals surface area contributed by atoms with E-state index in [1.165, 1.54) is 40.4 Å². The Bertz CT molecular complexity index is 1370. The van der Waals surface area contributed by atoms with Gasteiger partial charge in [-0.3, -0.25) is 25.2 Å². The van der Waals surface area contributed by atoms with Gasteiger partial charge in [0.15, 0.2) is 0 Å². The van der Waals surface area contributed by atoms with Crippen molar-refractivity contribution in [2.75, 3.05) is 44.8 Å². The highest BCUT2D eigenvalue weighted by Gasteiger charge is 2.31. The number of anilines is 1. The number of benzene rings is 1. The third-order valence-corrected chi connectivity index (χ3v) is 9.16. The molecule has 0 atom stereocenters. The lowest BCUT2D eigenvalue weighted by Gasteiger charge is -2.26. The van der Waals surface area contributed by atoms with Crippen molar-refractivity contribution in [3.8, 4) is 0 Å². The van der Waals surface area contributed by atoms with Gasteiger partial charge in [-0.2, -0.15) is 4.31 Å². The van der Waals surface area contributed by atoms with Crippen LogP contribution in [0.3, 0.4) is 0 Å². The van der Waals surface area contributed by atoms with Crippen LogP contribution in [-0.4, -0.2) is 80.9 Å². The topological polar surface area (TPSA) is 163 Å². The Hall–Kier alpha value is -3.53. The van der Waals surface area contributed by atoms with Crippen LogP contribution >= 0.6 is 11.3 Å². The van der Waals surface area contributed by atoms with Crippen LogP contribution in [0.5, 0.6) is 0 Å². The maximum atomic E-state index is 13.1. The summed E-state index contributed by atoms with van der Waals surface area (Å²) in [5, 5.41) is 2.98. The SMILES string of the molecule is CCOC(=O)N1CCc2c(sc(NC(=O)c3ccc(S(=O)(=O)N4CCOCC4)cc3)c2C(=O)NNC(C)=O)C1. The summed E-state index contributed by atoms with van der Waals surface area (Å²) in [4.78, 5) is 51.9. The van der Waals surface area contributed by atoms with Gasteiger partial charge in [0, 0.05) is 37.0 Å². The fraction of sp³-hybridized carbons (Fsp3) is 0.417. The Kier molecular flexibility index (Phi) is 8.84. The average molecular weight is 580 g/mol. The standard InChI is InChI=1S/C24H29N5O8S2/c1-3-37-24(33)28-9-8-18-19(14-28)38-23(20(18)22(32)27-26-15(2)30)25-21(31)16-4-6-17(7-5-16)39(34,35)29-10-12-36-13-11-29/h4-7H,3,8-14H2,1-2H3,(H,25,31)(H,26,30)(H,27,32). The first-order chi connectivity index (χ1) is 18.6. The summed E-state index contributed by atoms with van der Waals surface area (Å²) in [5.41, 5.74) is 5.60. The third kappa shape index (κ3) is 6.38. The molecule has 210 valence electrons. The number of ether oxygens (including phenoxy) is 2. The molecule has 1 fully saturated rings. The first-order valence-corrected chi connectivity index (χ1v) is 14.5. The van der Waals surface area contributed by atoms with Gasteiger partial charge in [-0.15, -0.1) is 11.3 Å². The van der Waals surface area contributed by atoms with E-state index in [2.05, 4.69) is 16.2 Å². The molecule has 15 heteroatoms. The predicted molar refractivity (Wildman–Crippen MR) is 141 cm³/mol. The number of sulfonamides is 1. The van der Waals surface area contributed by atoms with Crippen molar-refractivity contribution in [1.82, 2.24) is 20.1 Å². The zero-order valence-corrected chi connectivity index (χ0v) is 23.1. The summed E-state index contributed by atoms with van der Waals surface area (Å²) >= 11 is 1.14. The number of nitrogens with zero attached hydrogens (tertiary/aromatic N) is 2. The zero-order chi connectivity index (χ0) is 28.2. The molecule has 3 heterocycles. The van der Waals surface area contributed by atoms with Gasteiger partial charge in [0.05, 0.1) is 36.8 Å². The first-order valence-electron chi connectivity index (χ1n) is 12.2. The van der Waals surface area contributed by atoms with Gasteiger partial charge in [0.1, 0.15) is 5.00 Å². The van der Waals surface area contributed by atoms with E-state index in [4.69, 9.17) is 9.47 Å². The smallest absolute Gasteiger partial charge is 0.410 e. The lowest BCUT2D eigenvalue weighted by atomic mass is 10.0. The number of hydrazine groups is 1. The van der Waals surface area contributed by atoms with Crippen molar-refractivity contribution in [1.29, 1.82) is 0 Å². The number of nitrogens with one attached hydrogen (secondary N) is 3. The molecule has 3 N–H and O–H groups in total. The molecule has 1 aromatic heterocycles. The third-order valence-electron chi connectivity index (χ3n) is 6.11. The highest BCUT2D eigenvalue weighted by atomic mass is 32.2. The normalized spacial score (nSPS) is 15.7. The van der Waals surface area contributed by atoms with Crippen LogP contribution in [0.25, 0.3) is 0 Å². The number of hydrogen-bond acceptors (Lipinski definition) is 9. The second kappa shape index (κ2) is 12.1. The van der Waals surface area contributed by atoms with Gasteiger partial charge in [-0.05, 0) is 43.2 Å². The summed E-state index contributed by atoms with van der Waals surface area (Å²) in [6, 6.07) is 5.52. The minimum absolute atomic E-state index is 0.0574. The van der Waals surface area contributed by atoms with Crippen molar-refractivity contribution in [3.63, 3.8) is 0 Å². The molecule has 13 nitrogen and oxygen atoms in total. The van der Waals surface area contributed by atoms with Gasteiger partial charge in [0.2, 0.25) is 15.9 Å². The van der Waals surface area contributed by atoms with Crippen LogP contribution in [0.4, 0.5) is 9.80 Å². The Balaban J connectivity index is 1.56. The van der Waals surface area contributed by atoms with Crippen LogP contribution in [-0.2, 0) is 37.3 Å². The van der Waals surface area contributed by atoms with Crippen molar-refractivity contribution in [2.45, 2.75) is 31.7 Å². The molecule has 0 aliphatic carbocycles. The maximum absolute atomic E-state index is 13.1. The summed E-state index contributed by atoms with van der Waals surface area (Å²) in [5.74, 6) is -1.65. The molecule has 0 bridgehead atoms. The molecule has 0 unspecified atom stereocenters. The Morgan fingerprint density at radius 2 is 1.72 bits per heavy atom. The number of rotatable bonds is 6. The molecule has 39 heavy (non-hydrogen) atoms. The highest BCUT2D eigenvalue weighted by Crippen LogP contribution is 2.37. The molecule has 2 aliphatic heterocycles. The van der Waals surface area contributed by atoms with E-state index < -0.39 is 33.8 Å². The van der Waals surface area contributed by atoms with Gasteiger partial charge in [-0.25, -0.2) is 13.2 Å². The van der Waals surface area contributed by atoms with E-state index >= 15 is 0 Å². The second-order valence-electron chi connectivity index (χ2n) is 8.71. The van der Waals surface area contributed by atoms with Crippen molar-refractivity contribution in [2.24, 2.45) is 0 Å². The van der Waals surface area contributed by atoms with Crippen LogP contribution < -0.4 is 16.2 Å². The van der Waals surface area contributed by atoms with Crippen molar-refractivity contribution < 1.29 is 37.1 Å². The zero-order valence-electron chi connectivity index (χ0n) is 21.4. The molecular formula is C24H29N5O8S2. The van der Waals surface area contributed by atoms with Gasteiger partial charge < -0.3 is 19.7 Å². The number of thiophene rings is 1. The molecule has 1 aromatic carbocycles. The number of carbonyl (C=O) groups is 4. The Labute approximate surface area is 229 Å². The van der Waals surface area contributed by atoms with Crippen molar-refractivity contribution >= 4 is 50.2 Å². The fourth-order valence-corrected chi connectivity index (χ4v) is 6.86. The van der Waals surface area contributed by atoms with E-state index in [-0.39, 0.29) is 47.3 Å².